The number of nitrogens with one attached hydrogen (secondary N) is 1. The first-order valence-electron chi connectivity index (χ1n) is 7.85. The predicted molar refractivity (Wildman–Crippen MR) is 95.5 cm³/mol. The number of benzene rings is 2. The number of sulfone groups is 1. The van der Waals surface area contributed by atoms with Crippen LogP contribution in [0, 0.1) is 5.92 Å². The average Bonchev–Trinajstić information content (AvgIpc) is 2.49. The quantitative estimate of drug-likeness (QED) is 0.803. The van der Waals surface area contributed by atoms with Gasteiger partial charge in [-0.2, -0.15) is 0 Å². The van der Waals surface area contributed by atoms with E-state index in [-0.39, 0.29) is 5.92 Å². The van der Waals surface area contributed by atoms with Gasteiger partial charge in [-0.25, -0.2) is 8.42 Å². The molecule has 130 valence electrons. The van der Waals surface area contributed by atoms with Crippen LogP contribution >= 0.6 is 0 Å². The highest BCUT2D eigenvalue weighted by atomic mass is 32.2. The van der Waals surface area contributed by atoms with Crippen molar-refractivity contribution in [3.8, 4) is 0 Å². The van der Waals surface area contributed by atoms with Gasteiger partial charge in [-0.3, -0.25) is 10.1 Å². The van der Waals surface area contributed by atoms with Gasteiger partial charge in [-0.05, 0) is 34.7 Å². The van der Waals surface area contributed by atoms with Gasteiger partial charge in [0.2, 0.25) is 0 Å². The lowest BCUT2D eigenvalue weighted by molar-refractivity contribution is -0.140. The highest BCUT2D eigenvalue weighted by Gasteiger charge is 2.29. The fourth-order valence-corrected chi connectivity index (χ4v) is 3.78. The van der Waals surface area contributed by atoms with Gasteiger partial charge in [-0.1, -0.05) is 50.2 Å². The SMILES string of the molecule is CC(C)C[C@H](NC(c1ccc2ccccc2c1)S(C)(=O)=O)C(=O)O. The van der Waals surface area contributed by atoms with Gasteiger partial charge >= 0.3 is 5.97 Å². The molecule has 24 heavy (non-hydrogen) atoms. The summed E-state index contributed by atoms with van der Waals surface area (Å²) in [6.07, 6.45) is 1.48. The normalized spacial score (nSPS) is 14.7. The Morgan fingerprint density at radius 2 is 1.75 bits per heavy atom. The van der Waals surface area contributed by atoms with Crippen LogP contribution in [0.3, 0.4) is 0 Å². The summed E-state index contributed by atoms with van der Waals surface area (Å²) >= 11 is 0. The fraction of sp³-hybridized carbons (Fsp3) is 0.389. The van der Waals surface area contributed by atoms with E-state index in [1.54, 1.807) is 12.1 Å². The van der Waals surface area contributed by atoms with Gasteiger partial charge in [0.15, 0.2) is 9.84 Å². The third-order valence-electron chi connectivity index (χ3n) is 3.86. The molecule has 0 heterocycles. The first kappa shape index (κ1) is 18.4. The van der Waals surface area contributed by atoms with Crippen LogP contribution in [0.1, 0.15) is 31.2 Å². The van der Waals surface area contributed by atoms with Crippen LogP contribution in [0.15, 0.2) is 42.5 Å². The number of hydrogen-bond acceptors (Lipinski definition) is 4. The molecule has 5 nitrogen and oxygen atoms in total. The molecule has 0 fully saturated rings. The summed E-state index contributed by atoms with van der Waals surface area (Å²) in [7, 11) is -3.53. The molecule has 2 N–H and O–H groups in total. The first-order chi connectivity index (χ1) is 11.2. The van der Waals surface area contributed by atoms with Crippen molar-refractivity contribution in [1.29, 1.82) is 0 Å². The van der Waals surface area contributed by atoms with E-state index < -0.39 is 27.2 Å². The molecule has 0 aromatic heterocycles. The maximum Gasteiger partial charge on any atom is 0.320 e. The minimum atomic E-state index is -3.53. The highest BCUT2D eigenvalue weighted by molar-refractivity contribution is 7.90. The van der Waals surface area contributed by atoms with Crippen molar-refractivity contribution in [2.45, 2.75) is 31.7 Å². The monoisotopic (exact) mass is 349 g/mol. The Labute approximate surface area is 142 Å². The Hall–Kier alpha value is -1.92. The lowest BCUT2D eigenvalue weighted by atomic mass is 10.0. The maximum atomic E-state index is 12.3. The van der Waals surface area contributed by atoms with Crippen LogP contribution in [0.5, 0.6) is 0 Å². The number of carboxylic acid groups (broad SMARTS) is 1. The summed E-state index contributed by atoms with van der Waals surface area (Å²) in [5.74, 6) is -0.909. The molecule has 0 radical (unpaired) electrons. The van der Waals surface area contributed by atoms with E-state index in [1.807, 2.05) is 44.2 Å². The zero-order chi connectivity index (χ0) is 17.9. The molecule has 1 unspecified atom stereocenters. The second kappa shape index (κ2) is 7.32. The largest absolute Gasteiger partial charge is 0.480 e. The van der Waals surface area contributed by atoms with Crippen molar-refractivity contribution in [2.24, 2.45) is 5.92 Å². The Morgan fingerprint density at radius 1 is 1.12 bits per heavy atom. The van der Waals surface area contributed by atoms with Gasteiger partial charge in [-0.15, -0.1) is 0 Å². The first-order valence-corrected chi connectivity index (χ1v) is 9.80. The van der Waals surface area contributed by atoms with Crippen LogP contribution < -0.4 is 5.32 Å². The number of rotatable bonds is 7. The van der Waals surface area contributed by atoms with E-state index >= 15 is 0 Å². The van der Waals surface area contributed by atoms with Crippen molar-refractivity contribution in [3.63, 3.8) is 0 Å². The Bertz CT molecular complexity index is 830. The van der Waals surface area contributed by atoms with Crippen molar-refractivity contribution < 1.29 is 18.3 Å². The summed E-state index contributed by atoms with van der Waals surface area (Å²) in [6, 6.07) is 12.1. The zero-order valence-corrected chi connectivity index (χ0v) is 14.9. The van der Waals surface area contributed by atoms with Gasteiger partial charge in [0.25, 0.3) is 0 Å². The molecule has 0 amide bonds. The molecule has 0 aliphatic carbocycles. The minimum absolute atomic E-state index is 0.135. The van der Waals surface area contributed by atoms with Crippen molar-refractivity contribution >= 4 is 26.6 Å². The molecular formula is C18H23NO4S. The van der Waals surface area contributed by atoms with Crippen LogP contribution in [0.25, 0.3) is 10.8 Å². The molecule has 2 aromatic carbocycles. The minimum Gasteiger partial charge on any atom is -0.480 e. The number of fused-ring (bicyclic) bond motifs is 1. The number of carboxylic acids is 1. The third kappa shape index (κ3) is 4.55. The van der Waals surface area contributed by atoms with E-state index in [0.717, 1.165) is 17.0 Å². The van der Waals surface area contributed by atoms with Crippen molar-refractivity contribution in [2.75, 3.05) is 6.26 Å². The maximum absolute atomic E-state index is 12.3. The topological polar surface area (TPSA) is 83.5 Å². The molecule has 2 rings (SSSR count). The molecule has 2 aromatic rings. The van der Waals surface area contributed by atoms with Crippen LogP contribution in [-0.2, 0) is 14.6 Å². The summed E-state index contributed by atoms with van der Waals surface area (Å²) < 4.78 is 24.5. The summed E-state index contributed by atoms with van der Waals surface area (Å²) in [4.78, 5) is 11.5. The molecule has 6 heteroatoms. The number of hydrogen-bond donors (Lipinski definition) is 2. The van der Waals surface area contributed by atoms with Gasteiger partial charge < -0.3 is 5.11 Å². The zero-order valence-electron chi connectivity index (χ0n) is 14.1. The molecular weight excluding hydrogens is 326 g/mol. The number of aliphatic carboxylic acids is 1. The Kier molecular flexibility index (Phi) is 5.62. The van der Waals surface area contributed by atoms with Crippen molar-refractivity contribution in [1.82, 2.24) is 5.32 Å². The molecule has 0 spiro atoms. The highest BCUT2D eigenvalue weighted by Crippen LogP contribution is 2.25. The molecule has 0 bridgehead atoms. The van der Waals surface area contributed by atoms with Crippen LogP contribution in [0.2, 0.25) is 0 Å². The van der Waals surface area contributed by atoms with E-state index in [1.165, 1.54) is 0 Å². The summed E-state index contributed by atoms with van der Waals surface area (Å²) in [5.41, 5.74) is 0.547. The van der Waals surface area contributed by atoms with E-state index in [9.17, 15) is 18.3 Å². The van der Waals surface area contributed by atoms with Crippen molar-refractivity contribution in [3.05, 3.63) is 48.0 Å². The van der Waals surface area contributed by atoms with E-state index in [0.29, 0.717) is 12.0 Å². The second-order valence-corrected chi connectivity index (χ2v) is 8.63. The molecule has 2 atom stereocenters. The third-order valence-corrected chi connectivity index (χ3v) is 5.13. The molecule has 0 aliphatic heterocycles. The smallest absolute Gasteiger partial charge is 0.320 e. The van der Waals surface area contributed by atoms with Crippen LogP contribution in [-0.4, -0.2) is 31.8 Å². The summed E-state index contributed by atoms with van der Waals surface area (Å²) in [5, 5.41) is 13.1. The molecule has 0 aliphatic rings. The Morgan fingerprint density at radius 3 is 2.29 bits per heavy atom. The van der Waals surface area contributed by atoms with Gasteiger partial charge in [0, 0.05) is 6.26 Å². The lowest BCUT2D eigenvalue weighted by Crippen LogP contribution is -2.42. The second-order valence-electron chi connectivity index (χ2n) is 6.50. The predicted octanol–water partition coefficient (Wildman–Crippen LogP) is 2.97. The Balaban J connectivity index is 2.42. The van der Waals surface area contributed by atoms with E-state index in [2.05, 4.69) is 5.32 Å². The lowest BCUT2D eigenvalue weighted by Gasteiger charge is -2.24. The number of carbonyl (C=O) groups is 1. The van der Waals surface area contributed by atoms with Gasteiger partial charge in [0.05, 0.1) is 0 Å². The average molecular weight is 349 g/mol. The van der Waals surface area contributed by atoms with Gasteiger partial charge in [0.1, 0.15) is 11.4 Å². The van der Waals surface area contributed by atoms with Crippen LogP contribution in [0.4, 0.5) is 0 Å². The van der Waals surface area contributed by atoms with E-state index in [4.69, 9.17) is 0 Å². The fourth-order valence-electron chi connectivity index (χ4n) is 2.73. The molecule has 0 saturated carbocycles. The summed E-state index contributed by atoms with van der Waals surface area (Å²) in [6.45, 7) is 3.81. The standard InChI is InChI=1S/C18H23NO4S/c1-12(2)10-16(18(20)21)19-17(24(3,22)23)15-9-8-13-6-4-5-7-14(13)11-15/h4-9,11-12,16-17,19H,10H2,1-3H3,(H,20,21)/t16-,17?/m0/s1. The molecule has 0 saturated heterocycles.